The quantitative estimate of drug-likeness (QED) is 0.284. The highest BCUT2D eigenvalue weighted by Gasteiger charge is 2.22. The van der Waals surface area contributed by atoms with Crippen LogP contribution in [0.3, 0.4) is 0 Å². The van der Waals surface area contributed by atoms with E-state index in [0.717, 1.165) is 60.7 Å². The molecule has 0 unspecified atom stereocenters. The van der Waals surface area contributed by atoms with E-state index in [-0.39, 0.29) is 5.91 Å². The maximum Gasteiger partial charge on any atom is 0.238 e. The summed E-state index contributed by atoms with van der Waals surface area (Å²) < 4.78 is 5.93. The summed E-state index contributed by atoms with van der Waals surface area (Å²) in [5, 5.41) is 3.22. The highest BCUT2D eigenvalue weighted by atomic mass is 16.5. The Hall–Kier alpha value is -3.89. The number of hydrogen-bond acceptors (Lipinski definition) is 3. The van der Waals surface area contributed by atoms with Gasteiger partial charge >= 0.3 is 0 Å². The van der Waals surface area contributed by atoms with Crippen molar-refractivity contribution in [3.63, 3.8) is 0 Å². The van der Waals surface area contributed by atoms with E-state index in [2.05, 4.69) is 83.9 Å². The van der Waals surface area contributed by atoms with Crippen LogP contribution in [0.25, 0.3) is 0 Å². The summed E-state index contributed by atoms with van der Waals surface area (Å²) in [4.78, 5) is 15.3. The highest BCUT2D eigenvalue weighted by molar-refractivity contribution is 5.93. The fraction of sp³-hybridized carbons (Fsp3) is 0.242. The van der Waals surface area contributed by atoms with Gasteiger partial charge in [0, 0.05) is 5.69 Å². The summed E-state index contributed by atoms with van der Waals surface area (Å²) in [6.45, 7) is 4.33. The molecule has 4 aromatic carbocycles. The number of rotatable bonds is 8. The lowest BCUT2D eigenvalue weighted by Gasteiger charge is -2.31. The molecule has 4 nitrogen and oxygen atoms in total. The number of anilines is 1. The number of aryl methyl sites for hydroxylation is 1. The third-order valence-electron chi connectivity index (χ3n) is 7.15. The van der Waals surface area contributed by atoms with Crippen molar-refractivity contribution in [3.05, 3.63) is 125 Å². The van der Waals surface area contributed by atoms with Crippen molar-refractivity contribution in [1.82, 2.24) is 4.90 Å². The minimum atomic E-state index is 0.0597. The summed E-state index contributed by atoms with van der Waals surface area (Å²) in [5.74, 6) is 2.27. The molecule has 188 valence electrons. The molecule has 1 saturated heterocycles. The molecule has 1 heterocycles. The van der Waals surface area contributed by atoms with Gasteiger partial charge in [0.15, 0.2) is 0 Å². The first-order chi connectivity index (χ1) is 18.1. The first-order valence-electron chi connectivity index (χ1n) is 13.1. The standard InChI is InChI=1S/C33H34N2O2/c1-25-9-8-12-29(23-26-10-4-2-5-11-26)33(25)34-32(36)24-35-21-19-28(20-22-35)27-15-17-31(18-16-27)37-30-13-6-3-7-14-30/h2-18,28H,19-24H2,1H3,(H,34,36). The Morgan fingerprint density at radius 2 is 1.46 bits per heavy atom. The normalized spacial score (nSPS) is 14.3. The van der Waals surface area contributed by atoms with Crippen LogP contribution in [-0.4, -0.2) is 30.4 Å². The molecule has 0 saturated carbocycles. The van der Waals surface area contributed by atoms with Crippen molar-refractivity contribution in [3.8, 4) is 11.5 Å². The van der Waals surface area contributed by atoms with E-state index in [1.165, 1.54) is 11.1 Å². The molecular weight excluding hydrogens is 456 g/mol. The van der Waals surface area contributed by atoms with Gasteiger partial charge in [-0.15, -0.1) is 0 Å². The van der Waals surface area contributed by atoms with Crippen molar-refractivity contribution in [2.75, 3.05) is 25.0 Å². The van der Waals surface area contributed by atoms with Gasteiger partial charge in [0.25, 0.3) is 0 Å². The van der Waals surface area contributed by atoms with E-state index >= 15 is 0 Å². The predicted octanol–water partition coefficient (Wildman–Crippen LogP) is 7.20. The zero-order valence-corrected chi connectivity index (χ0v) is 21.4. The zero-order chi connectivity index (χ0) is 25.5. The van der Waals surface area contributed by atoms with E-state index in [4.69, 9.17) is 4.74 Å². The van der Waals surface area contributed by atoms with Crippen LogP contribution in [0.2, 0.25) is 0 Å². The number of hydrogen-bond donors (Lipinski definition) is 1. The van der Waals surface area contributed by atoms with Gasteiger partial charge in [-0.1, -0.05) is 78.9 Å². The minimum absolute atomic E-state index is 0.0597. The van der Waals surface area contributed by atoms with Crippen molar-refractivity contribution >= 4 is 11.6 Å². The molecule has 0 bridgehead atoms. The summed E-state index contributed by atoms with van der Waals surface area (Å²) >= 11 is 0. The molecule has 0 radical (unpaired) electrons. The number of benzene rings is 4. The van der Waals surface area contributed by atoms with E-state index < -0.39 is 0 Å². The Balaban J connectivity index is 1.13. The molecule has 1 fully saturated rings. The van der Waals surface area contributed by atoms with Crippen LogP contribution in [0.15, 0.2) is 103 Å². The van der Waals surface area contributed by atoms with Crippen LogP contribution in [0.4, 0.5) is 5.69 Å². The molecule has 1 aliphatic rings. The molecule has 0 atom stereocenters. The van der Waals surface area contributed by atoms with E-state index in [0.29, 0.717) is 12.5 Å². The topological polar surface area (TPSA) is 41.6 Å². The van der Waals surface area contributed by atoms with Gasteiger partial charge in [-0.3, -0.25) is 9.69 Å². The Morgan fingerprint density at radius 1 is 0.811 bits per heavy atom. The Bertz CT molecular complexity index is 1300. The molecule has 5 rings (SSSR count). The van der Waals surface area contributed by atoms with Crippen LogP contribution in [0.5, 0.6) is 11.5 Å². The summed E-state index contributed by atoms with van der Waals surface area (Å²) in [6.07, 6.45) is 2.91. The zero-order valence-electron chi connectivity index (χ0n) is 21.4. The van der Waals surface area contributed by atoms with Gasteiger partial charge in [0.05, 0.1) is 6.54 Å². The summed E-state index contributed by atoms with van der Waals surface area (Å²) in [6, 6.07) is 34.9. The molecule has 0 spiro atoms. The maximum absolute atomic E-state index is 13.0. The summed E-state index contributed by atoms with van der Waals surface area (Å²) in [7, 11) is 0. The van der Waals surface area contributed by atoms with Crippen LogP contribution >= 0.6 is 0 Å². The number of para-hydroxylation sites is 2. The Morgan fingerprint density at radius 3 is 2.16 bits per heavy atom. The van der Waals surface area contributed by atoms with Crippen molar-refractivity contribution in [2.45, 2.75) is 32.1 Å². The average Bonchev–Trinajstić information content (AvgIpc) is 2.93. The lowest BCUT2D eigenvalue weighted by Crippen LogP contribution is -2.38. The molecule has 1 amide bonds. The maximum atomic E-state index is 13.0. The number of amides is 1. The largest absolute Gasteiger partial charge is 0.457 e. The van der Waals surface area contributed by atoms with Gasteiger partial charge in [-0.05, 0) is 91.7 Å². The first kappa shape index (κ1) is 24.8. The average molecular weight is 491 g/mol. The van der Waals surface area contributed by atoms with Crippen LogP contribution < -0.4 is 10.1 Å². The minimum Gasteiger partial charge on any atom is -0.457 e. The number of carbonyl (C=O) groups is 1. The molecule has 37 heavy (non-hydrogen) atoms. The van der Waals surface area contributed by atoms with Gasteiger partial charge in [-0.25, -0.2) is 0 Å². The van der Waals surface area contributed by atoms with E-state index in [9.17, 15) is 4.79 Å². The number of nitrogens with zero attached hydrogens (tertiary/aromatic N) is 1. The number of piperidine rings is 1. The van der Waals surface area contributed by atoms with Crippen molar-refractivity contribution < 1.29 is 9.53 Å². The molecule has 1 aliphatic heterocycles. The van der Waals surface area contributed by atoms with Gasteiger partial charge in [-0.2, -0.15) is 0 Å². The number of nitrogens with one attached hydrogen (secondary N) is 1. The number of carbonyl (C=O) groups excluding carboxylic acids is 1. The third kappa shape index (κ3) is 6.66. The van der Waals surface area contributed by atoms with Crippen LogP contribution in [0, 0.1) is 6.92 Å². The van der Waals surface area contributed by atoms with Gasteiger partial charge in [0.2, 0.25) is 5.91 Å². The van der Waals surface area contributed by atoms with Gasteiger partial charge in [0.1, 0.15) is 11.5 Å². The van der Waals surface area contributed by atoms with Crippen molar-refractivity contribution in [2.24, 2.45) is 0 Å². The predicted molar refractivity (Wildman–Crippen MR) is 150 cm³/mol. The molecule has 1 N–H and O–H groups in total. The molecular formula is C33H34N2O2. The van der Waals surface area contributed by atoms with Crippen LogP contribution in [-0.2, 0) is 11.2 Å². The van der Waals surface area contributed by atoms with Crippen LogP contribution in [0.1, 0.15) is 41.0 Å². The SMILES string of the molecule is Cc1cccc(Cc2ccccc2)c1NC(=O)CN1CCC(c2ccc(Oc3ccccc3)cc2)CC1. The molecule has 0 aromatic heterocycles. The smallest absolute Gasteiger partial charge is 0.238 e. The van der Waals surface area contributed by atoms with Crippen molar-refractivity contribution in [1.29, 1.82) is 0 Å². The fourth-order valence-electron chi connectivity index (χ4n) is 5.11. The molecule has 0 aliphatic carbocycles. The number of likely N-dealkylation sites (tertiary alicyclic amines) is 1. The first-order valence-corrected chi connectivity index (χ1v) is 13.1. The Labute approximate surface area is 219 Å². The third-order valence-corrected chi connectivity index (χ3v) is 7.15. The lowest BCUT2D eigenvalue weighted by atomic mass is 9.89. The molecule has 4 aromatic rings. The lowest BCUT2D eigenvalue weighted by molar-refractivity contribution is -0.117. The van der Waals surface area contributed by atoms with Gasteiger partial charge < -0.3 is 10.1 Å². The molecule has 4 heteroatoms. The monoisotopic (exact) mass is 490 g/mol. The fourth-order valence-corrected chi connectivity index (χ4v) is 5.11. The second-order valence-electron chi connectivity index (χ2n) is 9.85. The second-order valence-corrected chi connectivity index (χ2v) is 9.85. The van der Waals surface area contributed by atoms with E-state index in [1.807, 2.05) is 36.4 Å². The second kappa shape index (κ2) is 11.9. The highest BCUT2D eigenvalue weighted by Crippen LogP contribution is 2.30. The van der Waals surface area contributed by atoms with E-state index in [1.54, 1.807) is 0 Å². The Kier molecular flexibility index (Phi) is 7.97. The summed E-state index contributed by atoms with van der Waals surface area (Å²) in [5.41, 5.74) is 5.78. The number of ether oxygens (including phenoxy) is 1.